The smallest absolute Gasteiger partial charge is 0.274 e. The Kier molecular flexibility index (Phi) is 3.32. The second kappa shape index (κ2) is 4.91. The zero-order valence-electron chi connectivity index (χ0n) is 9.98. The van der Waals surface area contributed by atoms with E-state index in [0.29, 0.717) is 23.6 Å². The molecule has 0 fully saturated rings. The van der Waals surface area contributed by atoms with Gasteiger partial charge in [0.1, 0.15) is 11.5 Å². The summed E-state index contributed by atoms with van der Waals surface area (Å²) in [6.07, 6.45) is 1.55. The molecule has 0 aliphatic rings. The fourth-order valence-corrected chi connectivity index (χ4v) is 1.77. The Morgan fingerprint density at radius 2 is 2.22 bits per heavy atom. The van der Waals surface area contributed by atoms with Gasteiger partial charge in [0.2, 0.25) is 0 Å². The second-order valence-electron chi connectivity index (χ2n) is 3.88. The van der Waals surface area contributed by atoms with Gasteiger partial charge in [0.15, 0.2) is 0 Å². The summed E-state index contributed by atoms with van der Waals surface area (Å²) in [7, 11) is 0. The van der Waals surface area contributed by atoms with Crippen molar-refractivity contribution in [3.05, 3.63) is 48.0 Å². The molecule has 18 heavy (non-hydrogen) atoms. The molecule has 0 saturated heterocycles. The number of aromatic amines is 1. The van der Waals surface area contributed by atoms with Crippen molar-refractivity contribution in [3.8, 4) is 0 Å². The highest BCUT2D eigenvalue weighted by Crippen LogP contribution is 2.18. The minimum absolute atomic E-state index is 0.236. The maximum Gasteiger partial charge on any atom is 0.274 e. The third kappa shape index (κ3) is 2.34. The Bertz CT molecular complexity index is 565. The monoisotopic (exact) mass is 247 g/mol. The van der Waals surface area contributed by atoms with Gasteiger partial charge in [-0.3, -0.25) is 4.79 Å². The molecule has 0 spiro atoms. The fourth-order valence-electron chi connectivity index (χ4n) is 1.77. The maximum atomic E-state index is 13.2. The average Bonchev–Trinajstić information content (AvgIpc) is 2.77. The minimum Gasteiger partial charge on any atom is -0.397 e. The number of hydrogen-bond acceptors (Lipinski definition) is 2. The summed E-state index contributed by atoms with van der Waals surface area (Å²) < 4.78 is 13.2. The van der Waals surface area contributed by atoms with Crippen molar-refractivity contribution < 1.29 is 9.18 Å². The van der Waals surface area contributed by atoms with Gasteiger partial charge in [-0.1, -0.05) is 6.07 Å². The summed E-state index contributed by atoms with van der Waals surface area (Å²) in [6, 6.07) is 7.49. The van der Waals surface area contributed by atoms with Gasteiger partial charge in [0.25, 0.3) is 5.91 Å². The highest BCUT2D eigenvalue weighted by atomic mass is 19.1. The molecule has 0 saturated carbocycles. The number of halogens is 1. The molecule has 0 bridgehead atoms. The molecule has 3 N–H and O–H groups in total. The summed E-state index contributed by atoms with van der Waals surface area (Å²) in [5.74, 6) is -0.607. The first kappa shape index (κ1) is 12.2. The van der Waals surface area contributed by atoms with E-state index in [2.05, 4.69) is 4.98 Å². The first-order valence-electron chi connectivity index (χ1n) is 5.63. The van der Waals surface area contributed by atoms with Crippen LogP contribution in [0.5, 0.6) is 0 Å². The van der Waals surface area contributed by atoms with Gasteiger partial charge in [0.05, 0.1) is 0 Å². The topological polar surface area (TPSA) is 62.1 Å². The number of carbonyl (C=O) groups is 1. The molecule has 0 atom stereocenters. The van der Waals surface area contributed by atoms with Gasteiger partial charge in [-0.15, -0.1) is 0 Å². The quantitative estimate of drug-likeness (QED) is 0.874. The Morgan fingerprint density at radius 1 is 1.44 bits per heavy atom. The molecule has 0 aliphatic carbocycles. The van der Waals surface area contributed by atoms with E-state index in [1.165, 1.54) is 17.0 Å². The molecule has 1 heterocycles. The van der Waals surface area contributed by atoms with Crippen molar-refractivity contribution in [1.29, 1.82) is 0 Å². The summed E-state index contributed by atoms with van der Waals surface area (Å²) in [4.78, 5) is 16.5. The lowest BCUT2D eigenvalue weighted by Crippen LogP contribution is -2.30. The molecule has 0 radical (unpaired) electrons. The number of nitrogens with zero attached hydrogens (tertiary/aromatic N) is 1. The third-order valence-electron chi connectivity index (χ3n) is 2.62. The predicted octanol–water partition coefficient (Wildman–Crippen LogP) is 2.40. The van der Waals surface area contributed by atoms with Crippen LogP contribution in [-0.4, -0.2) is 17.4 Å². The Balaban J connectivity index is 2.31. The van der Waals surface area contributed by atoms with Crippen molar-refractivity contribution in [2.75, 3.05) is 17.2 Å². The van der Waals surface area contributed by atoms with Crippen LogP contribution in [-0.2, 0) is 0 Å². The summed E-state index contributed by atoms with van der Waals surface area (Å²) in [5.41, 5.74) is 6.96. The van der Waals surface area contributed by atoms with Gasteiger partial charge in [-0.05, 0) is 31.2 Å². The maximum absolute atomic E-state index is 13.2. The van der Waals surface area contributed by atoms with Crippen LogP contribution in [0.4, 0.5) is 15.8 Å². The second-order valence-corrected chi connectivity index (χ2v) is 3.88. The Hall–Kier alpha value is -2.30. The molecule has 0 unspecified atom stereocenters. The van der Waals surface area contributed by atoms with Gasteiger partial charge in [-0.25, -0.2) is 4.39 Å². The zero-order valence-corrected chi connectivity index (χ0v) is 9.98. The number of amides is 1. The molecule has 2 rings (SSSR count). The highest BCUT2D eigenvalue weighted by molar-refractivity contribution is 6.05. The third-order valence-corrected chi connectivity index (χ3v) is 2.62. The van der Waals surface area contributed by atoms with Crippen molar-refractivity contribution >= 4 is 17.3 Å². The molecular weight excluding hydrogens is 233 g/mol. The molecule has 1 aromatic heterocycles. The molecular formula is C13H14FN3O. The Labute approximate surface area is 104 Å². The minimum atomic E-state index is -0.371. The van der Waals surface area contributed by atoms with E-state index in [1.54, 1.807) is 24.4 Å². The van der Waals surface area contributed by atoms with E-state index >= 15 is 0 Å². The molecule has 4 nitrogen and oxygen atoms in total. The van der Waals surface area contributed by atoms with Crippen LogP contribution in [0.1, 0.15) is 17.4 Å². The van der Waals surface area contributed by atoms with Crippen LogP contribution in [0.25, 0.3) is 0 Å². The van der Waals surface area contributed by atoms with Gasteiger partial charge >= 0.3 is 0 Å². The SMILES string of the molecule is CCN(C(=O)c1cc(N)c[nH]1)c1cccc(F)c1. The van der Waals surface area contributed by atoms with E-state index in [1.807, 2.05) is 6.92 Å². The lowest BCUT2D eigenvalue weighted by atomic mass is 10.2. The summed E-state index contributed by atoms with van der Waals surface area (Å²) in [5, 5.41) is 0. The number of H-pyrrole nitrogens is 1. The Morgan fingerprint density at radius 3 is 2.78 bits per heavy atom. The van der Waals surface area contributed by atoms with E-state index < -0.39 is 0 Å². The fraction of sp³-hybridized carbons (Fsp3) is 0.154. The van der Waals surface area contributed by atoms with Crippen LogP contribution in [0.15, 0.2) is 36.5 Å². The predicted molar refractivity (Wildman–Crippen MR) is 69.0 cm³/mol. The number of benzene rings is 1. The van der Waals surface area contributed by atoms with Crippen LogP contribution in [0.2, 0.25) is 0 Å². The number of nitrogen functional groups attached to an aromatic ring is 1. The first-order valence-corrected chi connectivity index (χ1v) is 5.63. The van der Waals surface area contributed by atoms with Crippen LogP contribution in [0.3, 0.4) is 0 Å². The van der Waals surface area contributed by atoms with E-state index in [-0.39, 0.29) is 11.7 Å². The molecule has 0 aliphatic heterocycles. The number of hydrogen-bond donors (Lipinski definition) is 2. The molecule has 94 valence electrons. The summed E-state index contributed by atoms with van der Waals surface area (Å²) >= 11 is 0. The van der Waals surface area contributed by atoms with Crippen molar-refractivity contribution in [1.82, 2.24) is 4.98 Å². The van der Waals surface area contributed by atoms with Crippen molar-refractivity contribution in [2.24, 2.45) is 0 Å². The molecule has 5 heteroatoms. The number of aromatic nitrogens is 1. The average molecular weight is 247 g/mol. The van der Waals surface area contributed by atoms with Crippen LogP contribution >= 0.6 is 0 Å². The van der Waals surface area contributed by atoms with Crippen LogP contribution < -0.4 is 10.6 Å². The van der Waals surface area contributed by atoms with Gasteiger partial charge in [0, 0.05) is 24.1 Å². The lowest BCUT2D eigenvalue weighted by molar-refractivity contribution is 0.0984. The van der Waals surface area contributed by atoms with Gasteiger partial charge < -0.3 is 15.6 Å². The summed E-state index contributed by atoms with van der Waals surface area (Å²) in [6.45, 7) is 2.27. The normalized spacial score (nSPS) is 10.3. The number of nitrogens with two attached hydrogens (primary N) is 1. The van der Waals surface area contributed by atoms with Crippen LogP contribution in [0, 0.1) is 5.82 Å². The van der Waals surface area contributed by atoms with E-state index in [0.717, 1.165) is 0 Å². The molecule has 2 aromatic rings. The number of carbonyl (C=O) groups excluding carboxylic acids is 1. The molecule has 1 amide bonds. The number of rotatable bonds is 3. The number of anilines is 2. The first-order chi connectivity index (χ1) is 8.61. The van der Waals surface area contributed by atoms with Crippen molar-refractivity contribution in [2.45, 2.75) is 6.92 Å². The highest BCUT2D eigenvalue weighted by Gasteiger charge is 2.17. The standard InChI is InChI=1S/C13H14FN3O/c1-2-17(11-5-3-4-9(14)6-11)13(18)12-7-10(15)8-16-12/h3-8,16H,2,15H2,1H3. The van der Waals surface area contributed by atoms with Gasteiger partial charge in [-0.2, -0.15) is 0 Å². The van der Waals surface area contributed by atoms with E-state index in [9.17, 15) is 9.18 Å². The largest absolute Gasteiger partial charge is 0.397 e. The van der Waals surface area contributed by atoms with Crippen molar-refractivity contribution in [3.63, 3.8) is 0 Å². The zero-order chi connectivity index (χ0) is 13.1. The molecule has 1 aromatic carbocycles. The number of nitrogens with one attached hydrogen (secondary N) is 1. The lowest BCUT2D eigenvalue weighted by Gasteiger charge is -2.20. The van der Waals surface area contributed by atoms with E-state index in [4.69, 9.17) is 5.73 Å².